The Labute approximate surface area is 101 Å². The molecule has 16 heavy (non-hydrogen) atoms. The molecule has 0 aromatic carbocycles. The summed E-state index contributed by atoms with van der Waals surface area (Å²) in [6.07, 6.45) is 2.46. The Morgan fingerprint density at radius 3 is 2.50 bits per heavy atom. The van der Waals surface area contributed by atoms with Crippen LogP contribution in [0.3, 0.4) is 0 Å². The molecule has 0 bridgehead atoms. The zero-order chi connectivity index (χ0) is 12.2. The van der Waals surface area contributed by atoms with Gasteiger partial charge in [0.05, 0.1) is 0 Å². The van der Waals surface area contributed by atoms with Crippen molar-refractivity contribution in [2.24, 2.45) is 4.99 Å². The fourth-order valence-electron chi connectivity index (χ4n) is 1.18. The first-order valence-corrected chi connectivity index (χ1v) is 7.11. The summed E-state index contributed by atoms with van der Waals surface area (Å²) in [5.74, 6) is 1.49. The molecule has 4 nitrogen and oxygen atoms in total. The smallest absolute Gasteiger partial charge is 0.191 e. The molecule has 1 aliphatic rings. The summed E-state index contributed by atoms with van der Waals surface area (Å²) < 4.78 is 11.6. The van der Waals surface area contributed by atoms with E-state index in [0.717, 1.165) is 5.96 Å². The average molecular weight is 245 g/mol. The molecular weight excluding hydrogens is 222 g/mol. The molecular formula is C11H23N3OS. The predicted octanol–water partition coefficient (Wildman–Crippen LogP) is 0.861. The summed E-state index contributed by atoms with van der Waals surface area (Å²) >= 11 is 0. The number of nitrogens with zero attached hydrogens (tertiary/aromatic N) is 1. The van der Waals surface area contributed by atoms with Crippen LogP contribution in [-0.2, 0) is 10.8 Å². The largest absolute Gasteiger partial charge is 0.355 e. The summed E-state index contributed by atoms with van der Waals surface area (Å²) in [7, 11) is 0.964. The molecule has 0 amide bonds. The molecule has 1 rings (SSSR count). The molecule has 2 N–H and O–H groups in total. The van der Waals surface area contributed by atoms with Gasteiger partial charge < -0.3 is 10.6 Å². The number of hydrogen-bond donors (Lipinski definition) is 2. The Kier molecular flexibility index (Phi) is 4.77. The highest BCUT2D eigenvalue weighted by atomic mass is 32.2. The molecule has 94 valence electrons. The lowest BCUT2D eigenvalue weighted by molar-refractivity contribution is 0.647. The van der Waals surface area contributed by atoms with Crippen molar-refractivity contribution in [3.63, 3.8) is 0 Å². The monoisotopic (exact) mass is 245 g/mol. The molecule has 1 atom stereocenters. The van der Waals surface area contributed by atoms with Gasteiger partial charge in [0, 0.05) is 40.9 Å². The first-order chi connectivity index (χ1) is 7.43. The molecule has 0 aromatic rings. The van der Waals surface area contributed by atoms with Gasteiger partial charge in [-0.3, -0.25) is 9.20 Å². The molecule has 1 aliphatic carbocycles. The third-order valence-corrected chi connectivity index (χ3v) is 4.35. The third kappa shape index (κ3) is 4.96. The summed E-state index contributed by atoms with van der Waals surface area (Å²) in [5.41, 5.74) is 0. The molecule has 0 heterocycles. The van der Waals surface area contributed by atoms with Crippen molar-refractivity contribution >= 4 is 16.8 Å². The van der Waals surface area contributed by atoms with Crippen LogP contribution < -0.4 is 10.6 Å². The zero-order valence-electron chi connectivity index (χ0n) is 10.7. The van der Waals surface area contributed by atoms with E-state index in [1.54, 1.807) is 7.05 Å². The lowest BCUT2D eigenvalue weighted by Gasteiger charge is -2.18. The van der Waals surface area contributed by atoms with Crippen molar-refractivity contribution in [1.82, 2.24) is 10.6 Å². The second-order valence-electron chi connectivity index (χ2n) is 5.08. The van der Waals surface area contributed by atoms with Crippen LogP contribution in [-0.4, -0.2) is 40.3 Å². The molecule has 0 radical (unpaired) electrons. The van der Waals surface area contributed by atoms with Gasteiger partial charge in [-0.25, -0.2) is 0 Å². The van der Waals surface area contributed by atoms with Crippen molar-refractivity contribution in [3.05, 3.63) is 0 Å². The van der Waals surface area contributed by atoms with E-state index >= 15 is 0 Å². The van der Waals surface area contributed by atoms with Crippen molar-refractivity contribution in [2.45, 2.75) is 44.4 Å². The zero-order valence-corrected chi connectivity index (χ0v) is 11.5. The van der Waals surface area contributed by atoms with Crippen LogP contribution >= 0.6 is 0 Å². The molecule has 0 saturated heterocycles. The fraction of sp³-hybridized carbons (Fsp3) is 0.909. The van der Waals surface area contributed by atoms with Gasteiger partial charge in [0.1, 0.15) is 0 Å². The van der Waals surface area contributed by atoms with Gasteiger partial charge in [0.2, 0.25) is 0 Å². The van der Waals surface area contributed by atoms with Crippen LogP contribution in [0.4, 0.5) is 0 Å². The van der Waals surface area contributed by atoms with E-state index in [4.69, 9.17) is 0 Å². The van der Waals surface area contributed by atoms with Gasteiger partial charge in [0.25, 0.3) is 0 Å². The number of nitrogens with one attached hydrogen (secondary N) is 2. The van der Waals surface area contributed by atoms with E-state index in [1.807, 2.05) is 20.8 Å². The standard InChI is InChI=1S/C11H23N3OS/c1-11(2,3)16(15)8-7-13-10(12-4)14-9-5-6-9/h9H,5-8H2,1-4H3,(H2,12,13,14). The predicted molar refractivity (Wildman–Crippen MR) is 70.3 cm³/mol. The minimum absolute atomic E-state index is 0.130. The van der Waals surface area contributed by atoms with E-state index in [2.05, 4.69) is 15.6 Å². The fourth-order valence-corrected chi connectivity index (χ4v) is 2.08. The van der Waals surface area contributed by atoms with E-state index in [1.165, 1.54) is 12.8 Å². The van der Waals surface area contributed by atoms with Crippen molar-refractivity contribution in [1.29, 1.82) is 0 Å². The SMILES string of the molecule is CN=C(NCCS(=O)C(C)(C)C)NC1CC1. The second-order valence-corrected chi connectivity index (χ2v) is 7.40. The highest BCUT2D eigenvalue weighted by Gasteiger charge is 2.22. The Bertz CT molecular complexity index is 279. The quantitative estimate of drug-likeness (QED) is 0.570. The van der Waals surface area contributed by atoms with Gasteiger partial charge in [-0.1, -0.05) is 0 Å². The van der Waals surface area contributed by atoms with Gasteiger partial charge in [-0.05, 0) is 33.6 Å². The minimum Gasteiger partial charge on any atom is -0.355 e. The Morgan fingerprint density at radius 1 is 1.44 bits per heavy atom. The Balaban J connectivity index is 2.20. The molecule has 0 aliphatic heterocycles. The van der Waals surface area contributed by atoms with Crippen molar-refractivity contribution < 1.29 is 4.21 Å². The number of aliphatic imine (C=N–C) groups is 1. The van der Waals surface area contributed by atoms with Crippen LogP contribution in [0.15, 0.2) is 4.99 Å². The van der Waals surface area contributed by atoms with Crippen molar-refractivity contribution in [2.75, 3.05) is 19.3 Å². The van der Waals surface area contributed by atoms with E-state index < -0.39 is 10.8 Å². The first kappa shape index (κ1) is 13.5. The lowest BCUT2D eigenvalue weighted by Crippen LogP contribution is -2.41. The molecule has 0 spiro atoms. The molecule has 0 aromatic heterocycles. The van der Waals surface area contributed by atoms with Crippen LogP contribution in [0.25, 0.3) is 0 Å². The van der Waals surface area contributed by atoms with Crippen LogP contribution in [0, 0.1) is 0 Å². The highest BCUT2D eigenvalue weighted by molar-refractivity contribution is 7.86. The van der Waals surface area contributed by atoms with Crippen LogP contribution in [0.2, 0.25) is 0 Å². The highest BCUT2D eigenvalue weighted by Crippen LogP contribution is 2.18. The molecule has 1 saturated carbocycles. The topological polar surface area (TPSA) is 53.5 Å². The Morgan fingerprint density at radius 2 is 2.06 bits per heavy atom. The summed E-state index contributed by atoms with van der Waals surface area (Å²) in [6, 6.07) is 0.597. The maximum atomic E-state index is 11.8. The van der Waals surface area contributed by atoms with E-state index in [0.29, 0.717) is 18.3 Å². The average Bonchev–Trinajstić information content (AvgIpc) is 2.98. The third-order valence-electron chi connectivity index (χ3n) is 2.40. The number of hydrogen-bond acceptors (Lipinski definition) is 2. The maximum absolute atomic E-state index is 11.8. The number of guanidine groups is 1. The van der Waals surface area contributed by atoms with E-state index in [9.17, 15) is 4.21 Å². The van der Waals surface area contributed by atoms with E-state index in [-0.39, 0.29) is 4.75 Å². The number of rotatable bonds is 4. The van der Waals surface area contributed by atoms with Gasteiger partial charge in [0.15, 0.2) is 5.96 Å². The summed E-state index contributed by atoms with van der Waals surface area (Å²) in [5, 5.41) is 6.48. The van der Waals surface area contributed by atoms with Gasteiger partial charge in [-0.15, -0.1) is 0 Å². The molecule has 1 fully saturated rings. The van der Waals surface area contributed by atoms with Crippen molar-refractivity contribution in [3.8, 4) is 0 Å². The summed E-state index contributed by atoms with van der Waals surface area (Å²) in [4.78, 5) is 4.12. The summed E-state index contributed by atoms with van der Waals surface area (Å²) in [6.45, 7) is 6.71. The van der Waals surface area contributed by atoms with Crippen LogP contribution in [0.5, 0.6) is 0 Å². The van der Waals surface area contributed by atoms with Gasteiger partial charge in [-0.2, -0.15) is 0 Å². The molecule has 1 unspecified atom stereocenters. The van der Waals surface area contributed by atoms with Crippen LogP contribution in [0.1, 0.15) is 33.6 Å². The normalized spacial score (nSPS) is 19.4. The minimum atomic E-state index is -0.798. The lowest BCUT2D eigenvalue weighted by atomic mass is 10.3. The van der Waals surface area contributed by atoms with Gasteiger partial charge >= 0.3 is 0 Å². The maximum Gasteiger partial charge on any atom is 0.191 e. The second kappa shape index (κ2) is 5.66. The molecule has 5 heteroatoms. The Hall–Kier alpha value is -0.580. The first-order valence-electron chi connectivity index (χ1n) is 5.79.